The summed E-state index contributed by atoms with van der Waals surface area (Å²) in [6.07, 6.45) is 0.268. The molecule has 5 nitrogen and oxygen atoms in total. The average Bonchev–Trinajstić information content (AvgIpc) is 2.48. The lowest BCUT2D eigenvalue weighted by molar-refractivity contribution is -0.174. The second-order valence-electron chi connectivity index (χ2n) is 6.30. The molecule has 3 saturated carbocycles. The van der Waals surface area contributed by atoms with Crippen LogP contribution in [0.25, 0.3) is 0 Å². The van der Waals surface area contributed by atoms with Crippen LogP contribution in [-0.4, -0.2) is 34.0 Å². The third-order valence-corrected chi connectivity index (χ3v) is 5.03. The van der Waals surface area contributed by atoms with Crippen LogP contribution in [0.5, 0.6) is 5.75 Å². The lowest BCUT2D eigenvalue weighted by Gasteiger charge is -2.53. The van der Waals surface area contributed by atoms with Crippen molar-refractivity contribution in [2.24, 2.45) is 0 Å². The van der Waals surface area contributed by atoms with Crippen molar-refractivity contribution in [2.75, 3.05) is 0 Å². The summed E-state index contributed by atoms with van der Waals surface area (Å²) in [5.41, 5.74) is -2.31. The molecule has 3 aliphatic carbocycles. The molecule has 0 spiro atoms. The van der Waals surface area contributed by atoms with E-state index in [9.17, 15) is 19.1 Å². The molecule has 2 bridgehead atoms. The van der Waals surface area contributed by atoms with Gasteiger partial charge in [-0.25, -0.2) is 4.39 Å². The number of Topliss-reactive ketones (excluding diaryl/α,β-unsaturated/α-hetero) is 1. The average molecular weight is 342 g/mol. The molecule has 1 atom stereocenters. The first-order valence-electron chi connectivity index (χ1n) is 7.43. The number of halogens is 2. The Hall–Kier alpha value is -1.66. The molecule has 1 aromatic rings. The fourth-order valence-corrected chi connectivity index (χ4v) is 3.60. The van der Waals surface area contributed by atoms with Crippen molar-refractivity contribution in [3.8, 4) is 5.75 Å². The Morgan fingerprint density at radius 3 is 2.61 bits per heavy atom. The number of ketones is 1. The molecule has 124 valence electrons. The number of benzene rings is 1. The Morgan fingerprint density at radius 2 is 2.04 bits per heavy atom. The Morgan fingerprint density at radius 1 is 1.39 bits per heavy atom. The van der Waals surface area contributed by atoms with E-state index in [0.29, 0.717) is 25.7 Å². The number of hydrogen-bond acceptors (Lipinski definition) is 4. The molecule has 0 radical (unpaired) electrons. The van der Waals surface area contributed by atoms with E-state index in [1.807, 2.05) is 0 Å². The number of carbonyl (C=O) groups excluding carboxylic acids is 2. The molecule has 23 heavy (non-hydrogen) atoms. The zero-order valence-electron chi connectivity index (χ0n) is 12.6. The molecule has 0 saturated heterocycles. The SMILES string of the molecule is CC(=O)NC12CCC(O)(CC1)C(Oc1ccc(Cl)c(F)c1)C2=O. The minimum absolute atomic E-state index is 0.0535. The van der Waals surface area contributed by atoms with Crippen molar-refractivity contribution in [3.05, 3.63) is 29.0 Å². The number of ether oxygens (including phenoxy) is 1. The fourth-order valence-electron chi connectivity index (χ4n) is 3.49. The van der Waals surface area contributed by atoms with Gasteiger partial charge in [0.15, 0.2) is 6.10 Å². The Bertz CT molecular complexity index is 670. The molecule has 3 fully saturated rings. The zero-order valence-corrected chi connectivity index (χ0v) is 13.3. The van der Waals surface area contributed by atoms with Crippen molar-refractivity contribution >= 4 is 23.3 Å². The molecule has 4 rings (SSSR count). The van der Waals surface area contributed by atoms with E-state index in [4.69, 9.17) is 16.3 Å². The quantitative estimate of drug-likeness (QED) is 0.881. The summed E-state index contributed by atoms with van der Waals surface area (Å²) in [7, 11) is 0. The lowest BCUT2D eigenvalue weighted by Crippen LogP contribution is -2.72. The van der Waals surface area contributed by atoms with E-state index in [-0.39, 0.29) is 22.5 Å². The number of rotatable bonds is 3. The van der Waals surface area contributed by atoms with E-state index < -0.39 is 23.1 Å². The predicted molar refractivity (Wildman–Crippen MR) is 80.8 cm³/mol. The molecule has 3 aliphatic rings. The molecule has 7 heteroatoms. The van der Waals surface area contributed by atoms with Crippen molar-refractivity contribution in [3.63, 3.8) is 0 Å². The molecule has 1 unspecified atom stereocenters. The van der Waals surface area contributed by atoms with Gasteiger partial charge in [0, 0.05) is 13.0 Å². The summed E-state index contributed by atoms with van der Waals surface area (Å²) in [6.45, 7) is 1.35. The predicted octanol–water partition coefficient (Wildman–Crippen LogP) is 1.99. The molecular weight excluding hydrogens is 325 g/mol. The van der Waals surface area contributed by atoms with Crippen LogP contribution in [0.1, 0.15) is 32.6 Å². The van der Waals surface area contributed by atoms with E-state index in [1.165, 1.54) is 19.1 Å². The molecular formula is C16H17ClFNO4. The molecule has 2 N–H and O–H groups in total. The van der Waals surface area contributed by atoms with E-state index in [0.717, 1.165) is 6.07 Å². The monoisotopic (exact) mass is 341 g/mol. The first kappa shape index (κ1) is 16.2. The number of nitrogens with one attached hydrogen (secondary N) is 1. The van der Waals surface area contributed by atoms with Crippen molar-refractivity contribution in [2.45, 2.75) is 49.9 Å². The third kappa shape index (κ3) is 2.70. The number of aliphatic hydroxyl groups is 1. The highest BCUT2D eigenvalue weighted by atomic mass is 35.5. The summed E-state index contributed by atoms with van der Waals surface area (Å²) < 4.78 is 19.1. The first-order valence-corrected chi connectivity index (χ1v) is 7.81. The third-order valence-electron chi connectivity index (χ3n) is 4.73. The number of amides is 1. The molecule has 0 aromatic heterocycles. The maximum atomic E-state index is 13.5. The van der Waals surface area contributed by atoms with E-state index in [2.05, 4.69) is 5.32 Å². The van der Waals surface area contributed by atoms with Crippen molar-refractivity contribution < 1.29 is 23.8 Å². The highest BCUT2D eigenvalue weighted by Crippen LogP contribution is 2.46. The Labute approximate surface area is 137 Å². The standard InChI is InChI=1S/C16H17ClFNO4/c1-9(20)19-15-4-6-16(22,7-5-15)14(13(15)21)23-10-2-3-11(17)12(18)8-10/h2-3,8,14,22H,4-7H2,1H3,(H,19,20). The van der Waals surface area contributed by atoms with Crippen LogP contribution >= 0.6 is 11.6 Å². The Kier molecular flexibility index (Phi) is 3.84. The van der Waals surface area contributed by atoms with Crippen LogP contribution in [0.15, 0.2) is 18.2 Å². The minimum Gasteiger partial charge on any atom is -0.479 e. The molecule has 0 heterocycles. The second kappa shape index (κ2) is 5.46. The second-order valence-corrected chi connectivity index (χ2v) is 6.71. The van der Waals surface area contributed by atoms with Crippen LogP contribution < -0.4 is 10.1 Å². The van der Waals surface area contributed by atoms with Gasteiger partial charge >= 0.3 is 0 Å². The van der Waals surface area contributed by atoms with Gasteiger partial charge in [0.25, 0.3) is 0 Å². The molecule has 1 amide bonds. The highest BCUT2D eigenvalue weighted by molar-refractivity contribution is 6.30. The zero-order chi connectivity index (χ0) is 16.8. The van der Waals surface area contributed by atoms with Crippen LogP contribution in [0.2, 0.25) is 5.02 Å². The number of carbonyl (C=O) groups is 2. The van der Waals surface area contributed by atoms with Gasteiger partial charge in [-0.15, -0.1) is 0 Å². The maximum absolute atomic E-state index is 13.5. The van der Waals surface area contributed by atoms with Gasteiger partial charge in [0.1, 0.15) is 22.7 Å². The normalized spacial score (nSPS) is 32.7. The topological polar surface area (TPSA) is 75.6 Å². The van der Waals surface area contributed by atoms with Crippen LogP contribution in [-0.2, 0) is 9.59 Å². The number of hydrogen-bond donors (Lipinski definition) is 2. The van der Waals surface area contributed by atoms with Gasteiger partial charge in [0.05, 0.1) is 5.02 Å². The van der Waals surface area contributed by atoms with Gasteiger partial charge in [-0.2, -0.15) is 0 Å². The summed E-state index contributed by atoms with van der Waals surface area (Å²) in [5.74, 6) is -1.23. The highest BCUT2D eigenvalue weighted by Gasteiger charge is 2.61. The Balaban J connectivity index is 1.89. The van der Waals surface area contributed by atoms with E-state index >= 15 is 0 Å². The number of fused-ring (bicyclic) bond motifs is 3. The van der Waals surface area contributed by atoms with Crippen LogP contribution in [0.4, 0.5) is 4.39 Å². The summed E-state index contributed by atoms with van der Waals surface area (Å²) in [4.78, 5) is 24.2. The lowest BCUT2D eigenvalue weighted by atomic mass is 9.60. The largest absolute Gasteiger partial charge is 0.479 e. The van der Waals surface area contributed by atoms with Crippen LogP contribution in [0.3, 0.4) is 0 Å². The smallest absolute Gasteiger partial charge is 0.217 e. The first-order chi connectivity index (χ1) is 10.8. The van der Waals surface area contributed by atoms with Gasteiger partial charge in [-0.1, -0.05) is 11.6 Å². The van der Waals surface area contributed by atoms with Crippen LogP contribution in [0, 0.1) is 5.82 Å². The van der Waals surface area contributed by atoms with Gasteiger partial charge in [-0.05, 0) is 37.8 Å². The molecule has 0 aliphatic heterocycles. The van der Waals surface area contributed by atoms with Gasteiger partial charge in [0.2, 0.25) is 11.7 Å². The summed E-state index contributed by atoms with van der Waals surface area (Å²) in [6, 6.07) is 3.84. The van der Waals surface area contributed by atoms with Gasteiger partial charge < -0.3 is 15.2 Å². The molecule has 1 aromatic carbocycles. The maximum Gasteiger partial charge on any atom is 0.217 e. The van der Waals surface area contributed by atoms with Crippen molar-refractivity contribution in [1.29, 1.82) is 0 Å². The minimum atomic E-state index is -1.30. The van der Waals surface area contributed by atoms with Gasteiger partial charge in [-0.3, -0.25) is 9.59 Å². The fraction of sp³-hybridized carbons (Fsp3) is 0.500. The summed E-state index contributed by atoms with van der Waals surface area (Å²) >= 11 is 5.63. The van der Waals surface area contributed by atoms with Crippen molar-refractivity contribution in [1.82, 2.24) is 5.32 Å². The summed E-state index contributed by atoms with van der Waals surface area (Å²) in [5, 5.41) is 13.4. The van der Waals surface area contributed by atoms with E-state index in [1.54, 1.807) is 0 Å².